The maximum atomic E-state index is 12.3. The molecule has 1 aromatic heterocycles. The Bertz CT molecular complexity index is 637. The van der Waals surface area contributed by atoms with Crippen LogP contribution in [0, 0.1) is 0 Å². The number of rotatable bonds is 3. The quantitative estimate of drug-likeness (QED) is 0.817. The predicted octanol–water partition coefficient (Wildman–Crippen LogP) is 2.23. The molecule has 6 nitrogen and oxygen atoms in total. The third-order valence-corrected chi connectivity index (χ3v) is 4.24. The Morgan fingerprint density at radius 1 is 1.42 bits per heavy atom. The summed E-state index contributed by atoms with van der Waals surface area (Å²) in [7, 11) is 0. The highest BCUT2D eigenvalue weighted by Crippen LogP contribution is 2.30. The summed E-state index contributed by atoms with van der Waals surface area (Å²) in [6.45, 7) is 1.48. The van der Waals surface area contributed by atoms with Crippen LogP contribution >= 0.6 is 11.8 Å². The average molecular weight is 361 g/mol. The molecule has 0 aromatic carbocycles. The van der Waals surface area contributed by atoms with E-state index in [9.17, 15) is 22.8 Å². The molecule has 0 amide bonds. The van der Waals surface area contributed by atoms with Crippen molar-refractivity contribution in [2.45, 2.75) is 24.8 Å². The number of hydrogen-bond donors (Lipinski definition) is 0. The van der Waals surface area contributed by atoms with Crippen molar-refractivity contribution in [2.24, 2.45) is 0 Å². The normalized spacial score (nSPS) is 20.8. The van der Waals surface area contributed by atoms with Crippen molar-refractivity contribution in [1.82, 2.24) is 15.0 Å². The Morgan fingerprint density at radius 2 is 2.17 bits per heavy atom. The highest BCUT2D eigenvalue weighted by atomic mass is 32.2. The first-order chi connectivity index (χ1) is 11.3. The van der Waals surface area contributed by atoms with Gasteiger partial charge in [-0.15, -0.1) is 5.06 Å². The fourth-order valence-electron chi connectivity index (χ4n) is 2.13. The number of hydrogen-bond acceptors (Lipinski definition) is 7. The summed E-state index contributed by atoms with van der Waals surface area (Å²) in [5.74, 6) is -2.26. The van der Waals surface area contributed by atoms with E-state index in [1.807, 2.05) is 0 Å². The van der Waals surface area contributed by atoms with Crippen LogP contribution in [-0.4, -0.2) is 50.6 Å². The lowest BCUT2D eigenvalue weighted by molar-refractivity contribution is -0.238. The monoisotopic (exact) mass is 361 g/mol. The van der Waals surface area contributed by atoms with Crippen molar-refractivity contribution in [3.05, 3.63) is 29.9 Å². The van der Waals surface area contributed by atoms with E-state index in [0.29, 0.717) is 17.7 Å². The van der Waals surface area contributed by atoms with Gasteiger partial charge in [0, 0.05) is 31.1 Å². The van der Waals surface area contributed by atoms with Crippen LogP contribution in [0.1, 0.15) is 19.0 Å². The topological polar surface area (TPSA) is 72.4 Å². The lowest BCUT2D eigenvalue weighted by Gasteiger charge is -2.32. The molecule has 1 aromatic rings. The van der Waals surface area contributed by atoms with Gasteiger partial charge in [-0.05, 0) is 18.1 Å². The van der Waals surface area contributed by atoms with E-state index in [1.54, 1.807) is 6.08 Å². The zero-order valence-electron chi connectivity index (χ0n) is 12.6. The summed E-state index contributed by atoms with van der Waals surface area (Å²) >= 11 is 1.08. The van der Waals surface area contributed by atoms with E-state index >= 15 is 0 Å². The van der Waals surface area contributed by atoms with Gasteiger partial charge in [0.15, 0.2) is 5.12 Å². The highest BCUT2D eigenvalue weighted by molar-refractivity contribution is 8.14. The third kappa shape index (κ3) is 5.31. The minimum Gasteiger partial charge on any atom is -0.360 e. The summed E-state index contributed by atoms with van der Waals surface area (Å²) in [5, 5.41) is 0.617. The van der Waals surface area contributed by atoms with Gasteiger partial charge in [0.05, 0.1) is 18.4 Å². The Balaban J connectivity index is 2.16. The van der Waals surface area contributed by atoms with E-state index in [-0.39, 0.29) is 23.5 Å². The molecule has 1 unspecified atom stereocenters. The number of alkyl halides is 3. The summed E-state index contributed by atoms with van der Waals surface area (Å²) in [4.78, 5) is 34.7. The molecule has 2 rings (SSSR count). The molecular weight excluding hydrogens is 347 g/mol. The molecule has 1 atom stereocenters. The summed E-state index contributed by atoms with van der Waals surface area (Å²) < 4.78 is 36.9. The molecule has 130 valence electrons. The lowest BCUT2D eigenvalue weighted by Crippen LogP contribution is -2.41. The van der Waals surface area contributed by atoms with Crippen molar-refractivity contribution >= 4 is 28.9 Å². The maximum Gasteiger partial charge on any atom is 0.492 e. The lowest BCUT2D eigenvalue weighted by atomic mass is 10.0. The Morgan fingerprint density at radius 3 is 2.75 bits per heavy atom. The molecule has 0 spiro atoms. The van der Waals surface area contributed by atoms with Crippen LogP contribution in [0.5, 0.6) is 0 Å². The van der Waals surface area contributed by atoms with Crippen molar-refractivity contribution in [3.8, 4) is 0 Å². The van der Waals surface area contributed by atoms with Gasteiger partial charge in [-0.2, -0.15) is 13.2 Å². The molecule has 2 heterocycles. The van der Waals surface area contributed by atoms with Crippen LogP contribution in [-0.2, 0) is 14.4 Å². The molecule has 1 saturated heterocycles. The van der Waals surface area contributed by atoms with Crippen molar-refractivity contribution < 1.29 is 27.6 Å². The molecule has 1 aliphatic heterocycles. The first kappa shape index (κ1) is 18.4. The second-order valence-electron chi connectivity index (χ2n) is 4.98. The number of aromatic nitrogens is 2. The highest BCUT2D eigenvalue weighted by Gasteiger charge is 2.43. The molecule has 1 aliphatic rings. The van der Waals surface area contributed by atoms with E-state index < -0.39 is 12.1 Å². The molecule has 1 fully saturated rings. The maximum absolute atomic E-state index is 12.3. The SMILES string of the molecule is CC(=O)SC1CCN(OC(=O)C(F)(F)F)C/C1=C\c1cnccn1. The minimum absolute atomic E-state index is 0.0384. The van der Waals surface area contributed by atoms with Crippen LogP contribution in [0.3, 0.4) is 0 Å². The van der Waals surface area contributed by atoms with Crippen molar-refractivity contribution in [3.63, 3.8) is 0 Å². The summed E-state index contributed by atoms with van der Waals surface area (Å²) in [6, 6.07) is 0. The zero-order valence-corrected chi connectivity index (χ0v) is 13.4. The van der Waals surface area contributed by atoms with E-state index in [4.69, 9.17) is 0 Å². The molecule has 0 N–H and O–H groups in total. The number of carbonyl (C=O) groups excluding carboxylic acids is 2. The smallest absolute Gasteiger partial charge is 0.360 e. The summed E-state index contributed by atoms with van der Waals surface area (Å²) in [5.41, 5.74) is 1.14. The first-order valence-corrected chi connectivity index (χ1v) is 7.81. The van der Waals surface area contributed by atoms with Crippen LogP contribution in [0.25, 0.3) is 6.08 Å². The van der Waals surface area contributed by atoms with Crippen LogP contribution in [0.15, 0.2) is 24.2 Å². The fourth-order valence-corrected chi connectivity index (χ4v) is 3.04. The number of nitrogens with zero attached hydrogens (tertiary/aromatic N) is 3. The molecular formula is C14H14F3N3O3S. The van der Waals surface area contributed by atoms with Gasteiger partial charge in [-0.25, -0.2) is 4.79 Å². The van der Waals surface area contributed by atoms with Crippen LogP contribution in [0.4, 0.5) is 13.2 Å². The number of piperidine rings is 1. The Labute approximate surface area is 140 Å². The predicted molar refractivity (Wildman–Crippen MR) is 80.4 cm³/mol. The van der Waals surface area contributed by atoms with Gasteiger partial charge in [-0.1, -0.05) is 11.8 Å². The average Bonchev–Trinajstić information content (AvgIpc) is 2.49. The Kier molecular flexibility index (Phi) is 5.94. The minimum atomic E-state index is -5.06. The standard InChI is InChI=1S/C14H14F3N3O3S/c1-9(21)24-12-2-5-20(23-13(22)14(15,16)17)8-10(12)6-11-7-18-3-4-19-11/h3-4,6-7,12H,2,5,8H2,1H3/b10-6+. The van der Waals surface area contributed by atoms with Gasteiger partial charge in [0.25, 0.3) is 0 Å². The van der Waals surface area contributed by atoms with Gasteiger partial charge < -0.3 is 4.84 Å². The molecule has 0 radical (unpaired) electrons. The van der Waals surface area contributed by atoms with E-state index in [1.165, 1.54) is 25.5 Å². The molecule has 0 aliphatic carbocycles. The second kappa shape index (κ2) is 7.75. The largest absolute Gasteiger partial charge is 0.492 e. The summed E-state index contributed by atoms with van der Waals surface area (Å²) in [6.07, 6.45) is 1.40. The Hall–Kier alpha value is -1.94. The van der Waals surface area contributed by atoms with Crippen molar-refractivity contribution in [1.29, 1.82) is 0 Å². The van der Waals surface area contributed by atoms with E-state index in [2.05, 4.69) is 14.8 Å². The number of hydroxylamine groups is 2. The van der Waals surface area contributed by atoms with Crippen molar-refractivity contribution in [2.75, 3.05) is 13.1 Å². The number of thioether (sulfide) groups is 1. The van der Waals surface area contributed by atoms with Gasteiger partial charge in [0.2, 0.25) is 0 Å². The molecule has 24 heavy (non-hydrogen) atoms. The van der Waals surface area contributed by atoms with Crippen LogP contribution in [0.2, 0.25) is 0 Å². The van der Waals surface area contributed by atoms with Gasteiger partial charge >= 0.3 is 12.1 Å². The zero-order chi connectivity index (χ0) is 17.7. The van der Waals surface area contributed by atoms with Gasteiger partial charge in [0.1, 0.15) is 0 Å². The van der Waals surface area contributed by atoms with Gasteiger partial charge in [-0.3, -0.25) is 14.8 Å². The number of carbonyl (C=O) groups is 2. The fraction of sp³-hybridized carbons (Fsp3) is 0.429. The molecule has 0 saturated carbocycles. The second-order valence-corrected chi connectivity index (χ2v) is 6.36. The first-order valence-electron chi connectivity index (χ1n) is 6.93. The van der Waals surface area contributed by atoms with Crippen LogP contribution < -0.4 is 0 Å². The molecule has 0 bridgehead atoms. The third-order valence-electron chi connectivity index (χ3n) is 3.08. The van der Waals surface area contributed by atoms with E-state index in [0.717, 1.165) is 16.8 Å². The molecule has 10 heteroatoms. The number of halogens is 3.